The number of rotatable bonds is 3. The van der Waals surface area contributed by atoms with Crippen LogP contribution in [0.3, 0.4) is 0 Å². The van der Waals surface area contributed by atoms with Crippen LogP contribution in [0.1, 0.15) is 26.7 Å². The van der Waals surface area contributed by atoms with Crippen molar-refractivity contribution in [2.24, 2.45) is 11.7 Å². The summed E-state index contributed by atoms with van der Waals surface area (Å²) in [6, 6.07) is 0. The first-order valence-electron chi connectivity index (χ1n) is 5.17. The van der Waals surface area contributed by atoms with Gasteiger partial charge in [-0.15, -0.1) is 0 Å². The number of piperidine rings is 1. The standard InChI is InChI=1S/C10H21FN2/c1-9(2)7-13-5-3-10(11,8-12)4-6-13/h9H,3-8,12H2,1-2H3. The van der Waals surface area contributed by atoms with E-state index >= 15 is 0 Å². The molecule has 0 aromatic carbocycles. The summed E-state index contributed by atoms with van der Waals surface area (Å²) in [5.74, 6) is 0.671. The summed E-state index contributed by atoms with van der Waals surface area (Å²) >= 11 is 0. The van der Waals surface area contributed by atoms with Crippen LogP contribution in [0.2, 0.25) is 0 Å². The van der Waals surface area contributed by atoms with Crippen molar-refractivity contribution in [3.63, 3.8) is 0 Å². The number of likely N-dealkylation sites (tertiary alicyclic amines) is 1. The van der Waals surface area contributed by atoms with E-state index in [-0.39, 0.29) is 6.54 Å². The van der Waals surface area contributed by atoms with Gasteiger partial charge < -0.3 is 10.6 Å². The lowest BCUT2D eigenvalue weighted by molar-refractivity contribution is 0.0603. The molecular weight excluding hydrogens is 167 g/mol. The van der Waals surface area contributed by atoms with Crippen molar-refractivity contribution in [2.45, 2.75) is 32.4 Å². The van der Waals surface area contributed by atoms with E-state index in [2.05, 4.69) is 18.7 Å². The number of hydrogen-bond acceptors (Lipinski definition) is 2. The second kappa shape index (κ2) is 4.38. The van der Waals surface area contributed by atoms with Crippen LogP contribution < -0.4 is 5.73 Å². The highest BCUT2D eigenvalue weighted by molar-refractivity contribution is 4.87. The summed E-state index contributed by atoms with van der Waals surface area (Å²) in [4.78, 5) is 2.33. The zero-order chi connectivity index (χ0) is 9.90. The van der Waals surface area contributed by atoms with Crippen molar-refractivity contribution < 1.29 is 4.39 Å². The van der Waals surface area contributed by atoms with Crippen molar-refractivity contribution in [3.05, 3.63) is 0 Å². The molecule has 2 N–H and O–H groups in total. The number of nitrogens with two attached hydrogens (primary N) is 1. The first-order chi connectivity index (χ1) is 6.06. The van der Waals surface area contributed by atoms with E-state index in [4.69, 9.17) is 5.73 Å². The fourth-order valence-electron chi connectivity index (χ4n) is 1.86. The highest BCUT2D eigenvalue weighted by Crippen LogP contribution is 2.25. The summed E-state index contributed by atoms with van der Waals surface area (Å²) in [5.41, 5.74) is 4.31. The van der Waals surface area contributed by atoms with E-state index in [0.717, 1.165) is 19.6 Å². The highest BCUT2D eigenvalue weighted by Gasteiger charge is 2.32. The quantitative estimate of drug-likeness (QED) is 0.725. The molecule has 1 aliphatic rings. The molecule has 0 radical (unpaired) electrons. The van der Waals surface area contributed by atoms with Gasteiger partial charge in [-0.3, -0.25) is 0 Å². The van der Waals surface area contributed by atoms with E-state index in [1.165, 1.54) is 0 Å². The molecule has 13 heavy (non-hydrogen) atoms. The van der Waals surface area contributed by atoms with Crippen molar-refractivity contribution in [3.8, 4) is 0 Å². The van der Waals surface area contributed by atoms with Crippen LogP contribution in [-0.4, -0.2) is 36.7 Å². The van der Waals surface area contributed by atoms with Gasteiger partial charge in [-0.25, -0.2) is 4.39 Å². The minimum absolute atomic E-state index is 0.183. The summed E-state index contributed by atoms with van der Waals surface area (Å²) in [6.07, 6.45) is 1.21. The van der Waals surface area contributed by atoms with Gasteiger partial charge in [-0.05, 0) is 18.8 Å². The molecule has 3 heteroatoms. The molecule has 0 spiro atoms. The second-order valence-corrected chi connectivity index (χ2v) is 4.55. The van der Waals surface area contributed by atoms with E-state index in [1.54, 1.807) is 0 Å². The maximum atomic E-state index is 13.7. The third kappa shape index (κ3) is 3.24. The Balaban J connectivity index is 2.30. The minimum Gasteiger partial charge on any atom is -0.328 e. The number of nitrogens with zero attached hydrogens (tertiary/aromatic N) is 1. The highest BCUT2D eigenvalue weighted by atomic mass is 19.1. The van der Waals surface area contributed by atoms with Crippen LogP contribution in [0.4, 0.5) is 4.39 Å². The van der Waals surface area contributed by atoms with E-state index in [1.807, 2.05) is 0 Å². The number of alkyl halides is 1. The molecular formula is C10H21FN2. The fraction of sp³-hybridized carbons (Fsp3) is 1.00. The maximum Gasteiger partial charge on any atom is 0.125 e. The van der Waals surface area contributed by atoms with Crippen LogP contribution in [0.5, 0.6) is 0 Å². The van der Waals surface area contributed by atoms with Gasteiger partial charge in [-0.1, -0.05) is 13.8 Å². The largest absolute Gasteiger partial charge is 0.328 e. The molecule has 0 amide bonds. The van der Waals surface area contributed by atoms with Gasteiger partial charge in [0.05, 0.1) is 0 Å². The second-order valence-electron chi connectivity index (χ2n) is 4.55. The van der Waals surface area contributed by atoms with Gasteiger partial charge in [0.1, 0.15) is 5.67 Å². The van der Waals surface area contributed by atoms with Crippen molar-refractivity contribution in [1.82, 2.24) is 4.90 Å². The molecule has 1 fully saturated rings. The fourth-order valence-corrected chi connectivity index (χ4v) is 1.86. The molecule has 0 aromatic rings. The molecule has 0 bridgehead atoms. The monoisotopic (exact) mass is 188 g/mol. The van der Waals surface area contributed by atoms with Gasteiger partial charge in [0.15, 0.2) is 0 Å². The molecule has 1 saturated heterocycles. The Hall–Kier alpha value is -0.150. The molecule has 0 saturated carbocycles. The Labute approximate surface area is 80.3 Å². The molecule has 1 heterocycles. The predicted molar refractivity (Wildman–Crippen MR) is 53.4 cm³/mol. The molecule has 1 aliphatic heterocycles. The zero-order valence-electron chi connectivity index (χ0n) is 8.72. The van der Waals surface area contributed by atoms with Crippen LogP contribution >= 0.6 is 0 Å². The van der Waals surface area contributed by atoms with Crippen LogP contribution in [-0.2, 0) is 0 Å². The topological polar surface area (TPSA) is 29.3 Å². The lowest BCUT2D eigenvalue weighted by Gasteiger charge is -2.36. The summed E-state index contributed by atoms with van der Waals surface area (Å²) in [7, 11) is 0. The lowest BCUT2D eigenvalue weighted by Crippen LogP contribution is -2.46. The molecule has 2 nitrogen and oxygen atoms in total. The normalized spacial score (nSPS) is 23.8. The third-order valence-electron chi connectivity index (χ3n) is 2.74. The van der Waals surface area contributed by atoms with Crippen LogP contribution in [0, 0.1) is 5.92 Å². The molecule has 78 valence electrons. The van der Waals surface area contributed by atoms with Gasteiger partial charge in [0.2, 0.25) is 0 Å². The van der Waals surface area contributed by atoms with Crippen LogP contribution in [0.15, 0.2) is 0 Å². The van der Waals surface area contributed by atoms with Crippen molar-refractivity contribution in [2.75, 3.05) is 26.2 Å². The van der Waals surface area contributed by atoms with Crippen molar-refractivity contribution >= 4 is 0 Å². The van der Waals surface area contributed by atoms with Gasteiger partial charge >= 0.3 is 0 Å². The van der Waals surface area contributed by atoms with E-state index in [0.29, 0.717) is 18.8 Å². The Bertz CT molecular complexity index is 151. The Kier molecular flexibility index (Phi) is 3.68. The average molecular weight is 188 g/mol. The first-order valence-corrected chi connectivity index (χ1v) is 5.17. The molecule has 0 unspecified atom stereocenters. The zero-order valence-corrected chi connectivity index (χ0v) is 8.72. The molecule has 1 rings (SSSR count). The predicted octanol–water partition coefficient (Wildman–Crippen LogP) is 1.41. The minimum atomic E-state index is -1.08. The molecule has 0 aromatic heterocycles. The number of halogens is 1. The summed E-state index contributed by atoms with van der Waals surface area (Å²) < 4.78 is 13.7. The van der Waals surface area contributed by atoms with Crippen molar-refractivity contribution in [1.29, 1.82) is 0 Å². The lowest BCUT2D eigenvalue weighted by atomic mass is 9.93. The van der Waals surface area contributed by atoms with Gasteiger partial charge in [0, 0.05) is 26.2 Å². The van der Waals surface area contributed by atoms with Crippen LogP contribution in [0.25, 0.3) is 0 Å². The summed E-state index contributed by atoms with van der Waals surface area (Å²) in [5, 5.41) is 0. The molecule has 0 aliphatic carbocycles. The third-order valence-corrected chi connectivity index (χ3v) is 2.74. The maximum absolute atomic E-state index is 13.7. The first kappa shape index (κ1) is 10.9. The van der Waals surface area contributed by atoms with Gasteiger partial charge in [-0.2, -0.15) is 0 Å². The smallest absolute Gasteiger partial charge is 0.125 e. The van der Waals surface area contributed by atoms with E-state index in [9.17, 15) is 4.39 Å². The Morgan fingerprint density at radius 3 is 2.31 bits per heavy atom. The summed E-state index contributed by atoms with van der Waals surface area (Å²) in [6.45, 7) is 7.39. The average Bonchev–Trinajstić information content (AvgIpc) is 2.09. The van der Waals surface area contributed by atoms with Gasteiger partial charge in [0.25, 0.3) is 0 Å². The Morgan fingerprint density at radius 2 is 1.92 bits per heavy atom. The van der Waals surface area contributed by atoms with E-state index < -0.39 is 5.67 Å². The Morgan fingerprint density at radius 1 is 1.38 bits per heavy atom. The SMILES string of the molecule is CC(C)CN1CCC(F)(CN)CC1. The number of hydrogen-bond donors (Lipinski definition) is 1. The molecule has 0 atom stereocenters.